The predicted octanol–water partition coefficient (Wildman–Crippen LogP) is 4.26. The molecule has 0 saturated carbocycles. The van der Waals surface area contributed by atoms with Gasteiger partial charge in [-0.2, -0.15) is 0 Å². The molecule has 0 aromatic heterocycles. The van der Waals surface area contributed by atoms with E-state index in [1.54, 1.807) is 59.1 Å². The summed E-state index contributed by atoms with van der Waals surface area (Å²) in [5.41, 5.74) is 0.716. The van der Waals surface area contributed by atoms with Gasteiger partial charge in [0.05, 0.1) is 17.9 Å². The number of hydrogen-bond donors (Lipinski definition) is 1. The molecule has 1 amide bonds. The summed E-state index contributed by atoms with van der Waals surface area (Å²) in [5, 5.41) is 2.47. The summed E-state index contributed by atoms with van der Waals surface area (Å²) in [6, 6.07) is 14.4. The van der Waals surface area contributed by atoms with E-state index in [1.807, 2.05) is 24.3 Å². The molecular weight excluding hydrogens is 414 g/mol. The first-order chi connectivity index (χ1) is 14.6. The number of carbonyl (C=O) groups is 3. The van der Waals surface area contributed by atoms with Crippen molar-refractivity contribution in [2.75, 3.05) is 13.7 Å². The van der Waals surface area contributed by atoms with Crippen LogP contribution in [0.1, 0.15) is 43.6 Å². The fraction of sp³-hybridized carbons (Fsp3) is 0.375. The average molecular weight is 444 g/mol. The number of benzene rings is 2. The summed E-state index contributed by atoms with van der Waals surface area (Å²) in [6.45, 7) is 7.22. The molecule has 0 radical (unpaired) electrons. The minimum atomic E-state index is -0.578. The molecule has 0 aliphatic carbocycles. The van der Waals surface area contributed by atoms with Gasteiger partial charge in [-0.3, -0.25) is 9.59 Å². The molecule has 2 aromatic carbocycles. The lowest BCUT2D eigenvalue weighted by atomic mass is 9.91. The van der Waals surface area contributed by atoms with E-state index in [0.717, 1.165) is 11.3 Å². The molecule has 2 rings (SSSR count). The highest BCUT2D eigenvalue weighted by molar-refractivity contribution is 8.00. The van der Waals surface area contributed by atoms with Crippen molar-refractivity contribution in [2.24, 2.45) is 5.41 Å². The maximum atomic E-state index is 12.5. The Bertz CT molecular complexity index is 918. The second-order valence-electron chi connectivity index (χ2n) is 8.07. The Labute approximate surface area is 187 Å². The van der Waals surface area contributed by atoms with Crippen LogP contribution in [0, 0.1) is 5.41 Å². The van der Waals surface area contributed by atoms with Gasteiger partial charge >= 0.3 is 5.97 Å². The number of rotatable bonds is 9. The van der Waals surface area contributed by atoms with E-state index in [1.165, 1.54) is 11.8 Å². The Morgan fingerprint density at radius 2 is 1.68 bits per heavy atom. The third-order valence-corrected chi connectivity index (χ3v) is 5.75. The predicted molar refractivity (Wildman–Crippen MR) is 121 cm³/mol. The second kappa shape index (κ2) is 11.0. The number of carbonyl (C=O) groups excluding carboxylic acids is 3. The highest BCUT2D eigenvalue weighted by Gasteiger charge is 2.24. The first-order valence-electron chi connectivity index (χ1n) is 9.98. The summed E-state index contributed by atoms with van der Waals surface area (Å²) >= 11 is 1.27. The lowest BCUT2D eigenvalue weighted by molar-refractivity contribution is -0.129. The van der Waals surface area contributed by atoms with Crippen molar-refractivity contribution in [3.8, 4) is 5.75 Å². The standard InChI is InChI=1S/C24H29NO5S/c1-16(22(27)25-14-17-10-12-18(29-5)13-11-17)31-20-9-7-6-8-19(20)23(28)30-15-21(26)24(2,3)4/h6-13,16H,14-15H2,1-5H3,(H,25,27)/t16-/m1/s1. The van der Waals surface area contributed by atoms with Crippen molar-refractivity contribution in [1.82, 2.24) is 5.32 Å². The van der Waals surface area contributed by atoms with E-state index >= 15 is 0 Å². The molecular formula is C24H29NO5S. The molecule has 6 nitrogen and oxygen atoms in total. The molecule has 0 heterocycles. The third-order valence-electron chi connectivity index (χ3n) is 4.58. The summed E-state index contributed by atoms with van der Waals surface area (Å²) in [5.74, 6) is -0.123. The minimum Gasteiger partial charge on any atom is -0.497 e. The van der Waals surface area contributed by atoms with Crippen LogP contribution in [0.3, 0.4) is 0 Å². The maximum Gasteiger partial charge on any atom is 0.339 e. The molecule has 0 fully saturated rings. The molecule has 0 aliphatic heterocycles. The number of amides is 1. The van der Waals surface area contributed by atoms with Gasteiger partial charge in [0.2, 0.25) is 5.91 Å². The Balaban J connectivity index is 1.96. The number of nitrogens with one attached hydrogen (secondary N) is 1. The number of thioether (sulfide) groups is 1. The molecule has 166 valence electrons. The Morgan fingerprint density at radius 3 is 2.29 bits per heavy atom. The fourth-order valence-electron chi connectivity index (χ4n) is 2.48. The van der Waals surface area contributed by atoms with Gasteiger partial charge in [-0.15, -0.1) is 11.8 Å². The Hall–Kier alpha value is -2.80. The molecule has 2 aromatic rings. The number of esters is 1. The van der Waals surface area contributed by atoms with Crippen molar-refractivity contribution in [3.63, 3.8) is 0 Å². The molecule has 7 heteroatoms. The molecule has 0 spiro atoms. The van der Waals surface area contributed by atoms with Gasteiger partial charge in [0, 0.05) is 16.9 Å². The van der Waals surface area contributed by atoms with Crippen molar-refractivity contribution in [3.05, 3.63) is 59.7 Å². The number of methoxy groups -OCH3 is 1. The highest BCUT2D eigenvalue weighted by Crippen LogP contribution is 2.28. The smallest absolute Gasteiger partial charge is 0.339 e. The van der Waals surface area contributed by atoms with E-state index in [-0.39, 0.29) is 18.3 Å². The van der Waals surface area contributed by atoms with Gasteiger partial charge in [0.25, 0.3) is 0 Å². The van der Waals surface area contributed by atoms with Crippen LogP contribution in [-0.4, -0.2) is 36.6 Å². The van der Waals surface area contributed by atoms with Gasteiger partial charge < -0.3 is 14.8 Å². The SMILES string of the molecule is COc1ccc(CNC(=O)[C@@H](C)Sc2ccccc2C(=O)OCC(=O)C(C)(C)C)cc1. The average Bonchev–Trinajstić information content (AvgIpc) is 2.75. The third kappa shape index (κ3) is 7.43. The van der Waals surface area contributed by atoms with Gasteiger partial charge in [-0.05, 0) is 36.8 Å². The molecule has 0 bridgehead atoms. The number of hydrogen-bond acceptors (Lipinski definition) is 6. The zero-order valence-electron chi connectivity index (χ0n) is 18.6. The quantitative estimate of drug-likeness (QED) is 0.461. The first-order valence-corrected chi connectivity index (χ1v) is 10.9. The summed E-state index contributed by atoms with van der Waals surface area (Å²) in [4.78, 5) is 37.7. The number of ether oxygens (including phenoxy) is 2. The van der Waals surface area contributed by atoms with Crippen LogP contribution in [-0.2, 0) is 20.9 Å². The van der Waals surface area contributed by atoms with Crippen LogP contribution in [0.5, 0.6) is 5.75 Å². The van der Waals surface area contributed by atoms with Crippen molar-refractivity contribution in [1.29, 1.82) is 0 Å². The Kier molecular flexibility index (Phi) is 8.68. The van der Waals surface area contributed by atoms with E-state index in [2.05, 4.69) is 5.32 Å². The lowest BCUT2D eigenvalue weighted by Gasteiger charge is -2.17. The monoisotopic (exact) mass is 443 g/mol. The van der Waals surface area contributed by atoms with Crippen LogP contribution in [0.25, 0.3) is 0 Å². The fourth-order valence-corrected chi connectivity index (χ4v) is 3.49. The van der Waals surface area contributed by atoms with Crippen LogP contribution in [0.15, 0.2) is 53.4 Å². The van der Waals surface area contributed by atoms with Crippen LogP contribution >= 0.6 is 11.8 Å². The Morgan fingerprint density at radius 1 is 1.03 bits per heavy atom. The summed E-state index contributed by atoms with van der Waals surface area (Å²) in [6.07, 6.45) is 0. The normalized spacial score (nSPS) is 12.0. The van der Waals surface area contributed by atoms with Crippen molar-refractivity contribution >= 4 is 29.4 Å². The topological polar surface area (TPSA) is 81.7 Å². The largest absolute Gasteiger partial charge is 0.497 e. The molecule has 1 N–H and O–H groups in total. The van der Waals surface area contributed by atoms with Crippen LogP contribution in [0.2, 0.25) is 0 Å². The van der Waals surface area contributed by atoms with Crippen LogP contribution in [0.4, 0.5) is 0 Å². The first kappa shape index (κ1) is 24.5. The van der Waals surface area contributed by atoms with Crippen molar-refractivity contribution < 1.29 is 23.9 Å². The zero-order valence-corrected chi connectivity index (χ0v) is 19.4. The molecule has 1 atom stereocenters. The van der Waals surface area contributed by atoms with Crippen LogP contribution < -0.4 is 10.1 Å². The molecule has 0 saturated heterocycles. The lowest BCUT2D eigenvalue weighted by Crippen LogP contribution is -2.30. The van der Waals surface area contributed by atoms with E-state index in [4.69, 9.17) is 9.47 Å². The van der Waals surface area contributed by atoms with E-state index in [0.29, 0.717) is 17.0 Å². The van der Waals surface area contributed by atoms with E-state index < -0.39 is 16.6 Å². The molecule has 31 heavy (non-hydrogen) atoms. The van der Waals surface area contributed by atoms with Gasteiger partial charge in [-0.25, -0.2) is 4.79 Å². The van der Waals surface area contributed by atoms with Gasteiger partial charge in [0.1, 0.15) is 5.75 Å². The molecule has 0 aliphatic rings. The highest BCUT2D eigenvalue weighted by atomic mass is 32.2. The zero-order chi connectivity index (χ0) is 23.0. The van der Waals surface area contributed by atoms with Crippen molar-refractivity contribution in [2.45, 2.75) is 44.4 Å². The number of Topliss-reactive ketones (excluding diaryl/α,β-unsaturated/α-hetero) is 1. The minimum absolute atomic E-state index is 0.146. The van der Waals surface area contributed by atoms with Gasteiger partial charge in [-0.1, -0.05) is 45.0 Å². The maximum absolute atomic E-state index is 12.5. The van der Waals surface area contributed by atoms with E-state index in [9.17, 15) is 14.4 Å². The number of ketones is 1. The molecule has 0 unspecified atom stereocenters. The van der Waals surface area contributed by atoms with Gasteiger partial charge in [0.15, 0.2) is 12.4 Å². The second-order valence-corrected chi connectivity index (χ2v) is 9.45. The summed E-state index contributed by atoms with van der Waals surface area (Å²) in [7, 11) is 1.60. The summed E-state index contributed by atoms with van der Waals surface area (Å²) < 4.78 is 10.3.